The number of hydrogen-bond acceptors (Lipinski definition) is 5. The minimum Gasteiger partial charge on any atom is -0.454 e. The summed E-state index contributed by atoms with van der Waals surface area (Å²) in [5.41, 5.74) is 1.17. The number of carbonyl (C=O) groups is 3. The zero-order valence-corrected chi connectivity index (χ0v) is 16.9. The third-order valence-electron chi connectivity index (χ3n) is 7.11. The van der Waals surface area contributed by atoms with Gasteiger partial charge in [0.05, 0.1) is 6.10 Å². The van der Waals surface area contributed by atoms with Crippen molar-refractivity contribution in [3.63, 3.8) is 0 Å². The summed E-state index contributed by atoms with van der Waals surface area (Å²) in [5.74, 6) is -0.555. The second-order valence-electron chi connectivity index (χ2n) is 9.24. The first kappa shape index (κ1) is 20.0. The van der Waals surface area contributed by atoms with Crippen LogP contribution in [0.5, 0.6) is 0 Å². The molecule has 148 valence electrons. The van der Waals surface area contributed by atoms with E-state index < -0.39 is 23.6 Å². The average Bonchev–Trinajstić information content (AvgIpc) is 2.70. The number of aliphatic hydroxyl groups is 1. The number of aliphatic hydroxyl groups excluding tert-OH is 1. The van der Waals surface area contributed by atoms with E-state index in [9.17, 15) is 19.5 Å². The van der Waals surface area contributed by atoms with Crippen LogP contribution in [0.4, 0.5) is 0 Å². The lowest BCUT2D eigenvalue weighted by Gasteiger charge is -2.39. The van der Waals surface area contributed by atoms with Crippen molar-refractivity contribution in [2.24, 2.45) is 22.7 Å². The van der Waals surface area contributed by atoms with E-state index in [1.54, 1.807) is 0 Å². The van der Waals surface area contributed by atoms with Crippen LogP contribution in [0.2, 0.25) is 0 Å². The SMILES string of the molecule is CC(=O)O[C@H]1C(=O)C2=CC3=C(C=O)[C@H](O)CC[C@]3(C)CC[C@@]2(C)[C@@H]1C(C)C. The molecule has 3 aliphatic carbocycles. The molecule has 0 saturated heterocycles. The molecule has 0 aromatic rings. The van der Waals surface area contributed by atoms with E-state index in [-0.39, 0.29) is 23.0 Å². The minimum atomic E-state index is -0.784. The Morgan fingerprint density at radius 2 is 1.96 bits per heavy atom. The Kier molecular flexibility index (Phi) is 4.96. The maximum absolute atomic E-state index is 13.3. The molecule has 0 unspecified atom stereocenters. The van der Waals surface area contributed by atoms with Crippen molar-refractivity contribution in [2.45, 2.75) is 72.5 Å². The van der Waals surface area contributed by atoms with Crippen LogP contribution in [-0.2, 0) is 19.1 Å². The molecule has 5 nitrogen and oxygen atoms in total. The molecular weight excluding hydrogens is 344 g/mol. The molecule has 27 heavy (non-hydrogen) atoms. The molecule has 0 bridgehead atoms. The Hall–Kier alpha value is -1.75. The lowest BCUT2D eigenvalue weighted by Crippen LogP contribution is -2.37. The molecule has 0 spiro atoms. The predicted octanol–water partition coefficient (Wildman–Crippen LogP) is 3.16. The standard InChI is InChI=1S/C22H30O5/c1-12(2)18-20(27-13(3)24)19(26)16-10-15-14(11-23)17(25)6-7-21(15,4)8-9-22(16,18)5/h10-12,17-18,20,25H,6-9H2,1-5H3/t17-,18-,20-,21-,22-/m1/s1. The van der Waals surface area contributed by atoms with Gasteiger partial charge in [-0.25, -0.2) is 0 Å². The van der Waals surface area contributed by atoms with E-state index in [1.165, 1.54) is 6.92 Å². The fraction of sp³-hybridized carbons (Fsp3) is 0.682. The molecule has 0 aromatic heterocycles. The quantitative estimate of drug-likeness (QED) is 0.606. The van der Waals surface area contributed by atoms with Gasteiger partial charge in [-0.2, -0.15) is 0 Å². The highest BCUT2D eigenvalue weighted by Crippen LogP contribution is 2.59. The molecular formula is C22H30O5. The van der Waals surface area contributed by atoms with E-state index in [4.69, 9.17) is 4.74 Å². The van der Waals surface area contributed by atoms with E-state index in [2.05, 4.69) is 27.7 Å². The third-order valence-corrected chi connectivity index (χ3v) is 7.11. The van der Waals surface area contributed by atoms with Crippen molar-refractivity contribution in [1.29, 1.82) is 0 Å². The molecule has 3 aliphatic rings. The second kappa shape index (κ2) is 6.69. The molecule has 1 fully saturated rings. The smallest absolute Gasteiger partial charge is 0.303 e. The van der Waals surface area contributed by atoms with Crippen LogP contribution >= 0.6 is 0 Å². The van der Waals surface area contributed by atoms with Crippen molar-refractivity contribution < 1.29 is 24.2 Å². The Balaban J connectivity index is 2.21. The van der Waals surface area contributed by atoms with Crippen molar-refractivity contribution in [2.75, 3.05) is 0 Å². The van der Waals surface area contributed by atoms with Gasteiger partial charge < -0.3 is 9.84 Å². The lowest BCUT2D eigenvalue weighted by atomic mass is 9.65. The number of rotatable bonds is 3. The monoisotopic (exact) mass is 374 g/mol. The molecule has 0 heterocycles. The Bertz CT molecular complexity index is 746. The first-order valence-electron chi connectivity index (χ1n) is 9.86. The van der Waals surface area contributed by atoms with E-state index >= 15 is 0 Å². The maximum Gasteiger partial charge on any atom is 0.303 e. The Morgan fingerprint density at radius 1 is 1.30 bits per heavy atom. The van der Waals surface area contributed by atoms with Crippen LogP contribution in [0.15, 0.2) is 22.8 Å². The zero-order chi connectivity index (χ0) is 20.1. The first-order chi connectivity index (χ1) is 12.5. The number of esters is 1. The van der Waals surface area contributed by atoms with Gasteiger partial charge in [-0.05, 0) is 42.6 Å². The van der Waals surface area contributed by atoms with Crippen molar-refractivity contribution in [1.82, 2.24) is 0 Å². The van der Waals surface area contributed by atoms with Crippen LogP contribution < -0.4 is 0 Å². The summed E-state index contributed by atoms with van der Waals surface area (Å²) in [4.78, 5) is 36.6. The number of Topliss-reactive ketones (excluding diaryl/α,β-unsaturated/α-hetero) is 1. The average molecular weight is 374 g/mol. The molecule has 3 rings (SSSR count). The largest absolute Gasteiger partial charge is 0.454 e. The summed E-state index contributed by atoms with van der Waals surface area (Å²) >= 11 is 0. The summed E-state index contributed by atoms with van der Waals surface area (Å²) in [6.07, 6.45) is 3.98. The highest BCUT2D eigenvalue weighted by atomic mass is 16.5. The van der Waals surface area contributed by atoms with Crippen LogP contribution in [0.1, 0.15) is 60.3 Å². The van der Waals surface area contributed by atoms with Crippen molar-refractivity contribution in [3.05, 3.63) is 22.8 Å². The maximum atomic E-state index is 13.3. The normalized spacial score (nSPS) is 38.9. The third kappa shape index (κ3) is 3.00. The summed E-state index contributed by atoms with van der Waals surface area (Å²) in [5, 5.41) is 10.3. The predicted molar refractivity (Wildman–Crippen MR) is 101 cm³/mol. The van der Waals surface area contributed by atoms with E-state index in [0.717, 1.165) is 31.1 Å². The van der Waals surface area contributed by atoms with Crippen LogP contribution in [-0.4, -0.2) is 35.4 Å². The van der Waals surface area contributed by atoms with Gasteiger partial charge in [-0.1, -0.05) is 33.8 Å². The molecule has 0 radical (unpaired) electrons. The molecule has 5 heteroatoms. The summed E-state index contributed by atoms with van der Waals surface area (Å²) < 4.78 is 5.47. The highest BCUT2D eigenvalue weighted by molar-refractivity contribution is 6.04. The van der Waals surface area contributed by atoms with Gasteiger partial charge in [0, 0.05) is 29.4 Å². The summed E-state index contributed by atoms with van der Waals surface area (Å²) in [6, 6.07) is 0. The van der Waals surface area contributed by atoms with Gasteiger partial charge in [0.15, 0.2) is 11.9 Å². The zero-order valence-electron chi connectivity index (χ0n) is 16.9. The van der Waals surface area contributed by atoms with Gasteiger partial charge >= 0.3 is 5.97 Å². The molecule has 0 aliphatic heterocycles. The van der Waals surface area contributed by atoms with Crippen LogP contribution in [0, 0.1) is 22.7 Å². The number of carbonyl (C=O) groups excluding carboxylic acids is 3. The summed E-state index contributed by atoms with van der Waals surface area (Å²) in [6.45, 7) is 9.65. The molecule has 0 aromatic carbocycles. The molecule has 0 amide bonds. The van der Waals surface area contributed by atoms with E-state index in [1.807, 2.05) is 6.08 Å². The fourth-order valence-corrected chi connectivity index (χ4v) is 5.65. The van der Waals surface area contributed by atoms with Gasteiger partial charge in [0.2, 0.25) is 0 Å². The van der Waals surface area contributed by atoms with Gasteiger partial charge in [0.25, 0.3) is 0 Å². The molecule has 1 N–H and O–H groups in total. The molecule has 5 atom stereocenters. The number of hydrogen-bond donors (Lipinski definition) is 1. The van der Waals surface area contributed by atoms with Gasteiger partial charge in [-0.3, -0.25) is 14.4 Å². The topological polar surface area (TPSA) is 80.7 Å². The number of ether oxygens (including phenoxy) is 1. The lowest BCUT2D eigenvalue weighted by molar-refractivity contribution is -0.155. The fourth-order valence-electron chi connectivity index (χ4n) is 5.65. The van der Waals surface area contributed by atoms with Crippen molar-refractivity contribution >= 4 is 18.0 Å². The number of aldehydes is 1. The minimum absolute atomic E-state index is 0.103. The van der Waals surface area contributed by atoms with Crippen LogP contribution in [0.25, 0.3) is 0 Å². The number of allylic oxidation sites excluding steroid dienone is 2. The second-order valence-corrected chi connectivity index (χ2v) is 9.24. The Labute approximate surface area is 160 Å². The highest BCUT2D eigenvalue weighted by Gasteiger charge is 2.58. The summed E-state index contributed by atoms with van der Waals surface area (Å²) in [7, 11) is 0. The van der Waals surface area contributed by atoms with Gasteiger partial charge in [-0.15, -0.1) is 0 Å². The molecule has 1 saturated carbocycles. The van der Waals surface area contributed by atoms with Crippen LogP contribution in [0.3, 0.4) is 0 Å². The number of ketones is 1. The van der Waals surface area contributed by atoms with E-state index in [0.29, 0.717) is 17.6 Å². The number of fused-ring (bicyclic) bond motifs is 2. The van der Waals surface area contributed by atoms with Gasteiger partial charge in [0.1, 0.15) is 6.29 Å². The van der Waals surface area contributed by atoms with Crippen molar-refractivity contribution in [3.8, 4) is 0 Å². The Morgan fingerprint density at radius 3 is 2.52 bits per heavy atom. The first-order valence-corrected chi connectivity index (χ1v) is 9.86.